The van der Waals surface area contributed by atoms with Crippen molar-refractivity contribution in [2.24, 2.45) is 0 Å². The van der Waals surface area contributed by atoms with Crippen LogP contribution in [0.1, 0.15) is 136 Å². The van der Waals surface area contributed by atoms with E-state index in [-0.39, 0.29) is 43.4 Å². The quantitative estimate of drug-likeness (QED) is 0.0830. The van der Waals surface area contributed by atoms with Crippen LogP contribution in [0.2, 0.25) is 0 Å². The molecule has 0 aromatic heterocycles. The van der Waals surface area contributed by atoms with Crippen molar-refractivity contribution in [2.75, 3.05) is 19.8 Å². The van der Waals surface area contributed by atoms with Crippen molar-refractivity contribution in [2.45, 2.75) is 148 Å². The Morgan fingerprint density at radius 1 is 0.778 bits per heavy atom. The molecule has 0 aromatic carbocycles. The summed E-state index contributed by atoms with van der Waals surface area (Å²) < 4.78 is 11.0. The number of Topliss-reactive ketones (excluding diaryl/α,β-unsaturated/α-hetero) is 1. The van der Waals surface area contributed by atoms with Crippen LogP contribution in [0.15, 0.2) is 0 Å². The van der Waals surface area contributed by atoms with Gasteiger partial charge in [0.05, 0.1) is 32.3 Å². The molecule has 0 aromatic rings. The Hall–Kier alpha value is -1.47. The highest BCUT2D eigenvalue weighted by Gasteiger charge is 2.16. The molecule has 1 amide bonds. The summed E-state index contributed by atoms with van der Waals surface area (Å²) in [6.45, 7) is 6.07. The maximum atomic E-state index is 12.2. The number of esters is 1. The Balaban J connectivity index is 3.99. The van der Waals surface area contributed by atoms with Crippen LogP contribution in [-0.4, -0.2) is 54.7 Å². The van der Waals surface area contributed by atoms with E-state index in [9.17, 15) is 19.5 Å². The van der Waals surface area contributed by atoms with Crippen LogP contribution >= 0.6 is 0 Å². The third-order valence-electron chi connectivity index (χ3n) is 6.37. The topological polar surface area (TPSA) is 102 Å². The minimum Gasteiger partial charge on any atom is -0.462 e. The molecule has 0 heterocycles. The lowest BCUT2D eigenvalue weighted by molar-refractivity contribution is -0.147. The third kappa shape index (κ3) is 23.0. The fraction of sp³-hybridized carbons (Fsp3) is 0.897. The molecule has 0 radical (unpaired) electrons. The molecular formula is C29H55NO6. The number of amides is 1. The number of carbonyl (C=O) groups excluding carboxylic acids is 3. The van der Waals surface area contributed by atoms with Gasteiger partial charge in [0.2, 0.25) is 5.91 Å². The van der Waals surface area contributed by atoms with Crippen molar-refractivity contribution in [1.29, 1.82) is 0 Å². The van der Waals surface area contributed by atoms with Crippen molar-refractivity contribution >= 4 is 17.7 Å². The maximum Gasteiger partial charge on any atom is 0.302 e. The highest BCUT2D eigenvalue weighted by Crippen LogP contribution is 2.13. The fourth-order valence-electron chi connectivity index (χ4n) is 4.23. The largest absolute Gasteiger partial charge is 0.462 e. The van der Waals surface area contributed by atoms with Gasteiger partial charge in [0.25, 0.3) is 0 Å². The molecule has 0 aliphatic heterocycles. The molecule has 36 heavy (non-hydrogen) atoms. The van der Waals surface area contributed by atoms with E-state index in [1.807, 2.05) is 0 Å². The summed E-state index contributed by atoms with van der Waals surface area (Å²) >= 11 is 0. The predicted molar refractivity (Wildman–Crippen MR) is 145 cm³/mol. The van der Waals surface area contributed by atoms with Gasteiger partial charge in [0, 0.05) is 19.8 Å². The van der Waals surface area contributed by atoms with Crippen LogP contribution in [0.25, 0.3) is 0 Å². The number of aliphatic hydroxyl groups excluding tert-OH is 1. The van der Waals surface area contributed by atoms with Crippen LogP contribution in [-0.2, 0) is 23.9 Å². The van der Waals surface area contributed by atoms with Gasteiger partial charge in [-0.3, -0.25) is 14.4 Å². The van der Waals surface area contributed by atoms with Crippen LogP contribution in [0.4, 0.5) is 0 Å². The van der Waals surface area contributed by atoms with Crippen molar-refractivity contribution in [3.05, 3.63) is 0 Å². The highest BCUT2D eigenvalue weighted by molar-refractivity contribution is 5.98. The molecule has 7 nitrogen and oxygen atoms in total. The standard InChI is InChI=1S/C29H55NO6/c1-4-6-8-10-11-12-13-15-16-18-27(33)22-29(34)30-26(23-31)24-35-21-20-28(36-25(3)32)19-17-14-9-7-5-2/h26,28,31H,4-24H2,1-3H3,(H,30,34)/t26-,28+/m0/s1. The molecule has 0 bridgehead atoms. The Labute approximate surface area is 220 Å². The number of hydrogen-bond donors (Lipinski definition) is 2. The lowest BCUT2D eigenvalue weighted by Crippen LogP contribution is -2.41. The molecule has 0 rings (SSSR count). The molecule has 2 N–H and O–H groups in total. The smallest absolute Gasteiger partial charge is 0.302 e. The van der Waals surface area contributed by atoms with E-state index in [1.165, 1.54) is 64.7 Å². The second-order valence-corrected chi connectivity index (χ2v) is 10.0. The summed E-state index contributed by atoms with van der Waals surface area (Å²) in [6.07, 6.45) is 17.9. The average molecular weight is 514 g/mol. The Morgan fingerprint density at radius 2 is 1.33 bits per heavy atom. The first kappa shape index (κ1) is 34.5. The highest BCUT2D eigenvalue weighted by atomic mass is 16.5. The number of ether oxygens (including phenoxy) is 2. The summed E-state index contributed by atoms with van der Waals surface area (Å²) in [5.74, 6) is -0.721. The van der Waals surface area contributed by atoms with E-state index in [1.54, 1.807) is 0 Å². The van der Waals surface area contributed by atoms with Crippen LogP contribution in [0.3, 0.4) is 0 Å². The minimum absolute atomic E-state index is 0.0591. The first-order chi connectivity index (χ1) is 17.4. The zero-order valence-electron chi connectivity index (χ0n) is 23.5. The number of ketones is 1. The van der Waals surface area contributed by atoms with Crippen LogP contribution < -0.4 is 5.32 Å². The first-order valence-corrected chi connectivity index (χ1v) is 14.6. The van der Waals surface area contributed by atoms with Gasteiger partial charge in [-0.2, -0.15) is 0 Å². The molecule has 0 spiro atoms. The Bertz CT molecular complexity index is 554. The van der Waals surface area contributed by atoms with Crippen LogP contribution in [0, 0.1) is 0 Å². The van der Waals surface area contributed by atoms with E-state index < -0.39 is 6.04 Å². The zero-order valence-corrected chi connectivity index (χ0v) is 23.5. The number of unbranched alkanes of at least 4 members (excludes halogenated alkanes) is 12. The number of aliphatic hydroxyl groups is 1. The van der Waals surface area contributed by atoms with Gasteiger partial charge in [-0.25, -0.2) is 0 Å². The van der Waals surface area contributed by atoms with Gasteiger partial charge >= 0.3 is 5.97 Å². The number of nitrogens with one attached hydrogen (secondary N) is 1. The van der Waals surface area contributed by atoms with E-state index in [4.69, 9.17) is 9.47 Å². The van der Waals surface area contributed by atoms with E-state index >= 15 is 0 Å². The fourth-order valence-corrected chi connectivity index (χ4v) is 4.23. The first-order valence-electron chi connectivity index (χ1n) is 14.6. The maximum absolute atomic E-state index is 12.2. The zero-order chi connectivity index (χ0) is 26.9. The van der Waals surface area contributed by atoms with Crippen LogP contribution in [0.5, 0.6) is 0 Å². The van der Waals surface area contributed by atoms with Crippen molar-refractivity contribution in [3.8, 4) is 0 Å². The van der Waals surface area contributed by atoms with Crippen molar-refractivity contribution in [3.63, 3.8) is 0 Å². The number of rotatable bonds is 26. The molecular weight excluding hydrogens is 458 g/mol. The normalized spacial score (nSPS) is 12.8. The van der Waals surface area contributed by atoms with Gasteiger partial charge in [-0.1, -0.05) is 90.9 Å². The monoisotopic (exact) mass is 513 g/mol. The molecule has 0 unspecified atom stereocenters. The average Bonchev–Trinajstić information content (AvgIpc) is 2.84. The second kappa shape index (κ2) is 25.2. The van der Waals surface area contributed by atoms with Gasteiger partial charge < -0.3 is 19.9 Å². The molecule has 212 valence electrons. The summed E-state index contributed by atoms with van der Waals surface area (Å²) in [5, 5.41) is 12.3. The molecule has 0 saturated carbocycles. The van der Waals surface area contributed by atoms with Gasteiger partial charge in [0.1, 0.15) is 11.9 Å². The summed E-state index contributed by atoms with van der Waals surface area (Å²) in [4.78, 5) is 35.7. The minimum atomic E-state index is -0.556. The number of carbonyl (C=O) groups is 3. The SMILES string of the molecule is CCCCCCCCCCCC(=O)CC(=O)N[C@@H](CO)COCC[C@@H](CCCCCCC)OC(C)=O. The lowest BCUT2D eigenvalue weighted by Gasteiger charge is -2.19. The predicted octanol–water partition coefficient (Wildman–Crippen LogP) is 6.04. The Kier molecular flexibility index (Phi) is 24.2. The summed E-state index contributed by atoms with van der Waals surface area (Å²) in [5.41, 5.74) is 0. The van der Waals surface area contributed by atoms with E-state index in [0.717, 1.165) is 38.5 Å². The molecule has 0 fully saturated rings. The van der Waals surface area contributed by atoms with E-state index in [0.29, 0.717) is 19.4 Å². The van der Waals surface area contributed by atoms with Gasteiger partial charge in [-0.05, 0) is 19.3 Å². The Morgan fingerprint density at radius 3 is 1.89 bits per heavy atom. The molecule has 0 saturated heterocycles. The molecule has 2 atom stereocenters. The lowest BCUT2D eigenvalue weighted by atomic mass is 10.0. The van der Waals surface area contributed by atoms with Crippen molar-refractivity contribution < 1.29 is 29.0 Å². The van der Waals surface area contributed by atoms with Crippen molar-refractivity contribution in [1.82, 2.24) is 5.32 Å². The van der Waals surface area contributed by atoms with E-state index in [2.05, 4.69) is 19.2 Å². The summed E-state index contributed by atoms with van der Waals surface area (Å²) in [6, 6.07) is -0.556. The summed E-state index contributed by atoms with van der Waals surface area (Å²) in [7, 11) is 0. The molecule has 0 aliphatic rings. The number of hydrogen-bond acceptors (Lipinski definition) is 6. The second-order valence-electron chi connectivity index (χ2n) is 10.0. The van der Waals surface area contributed by atoms with Gasteiger partial charge in [0.15, 0.2) is 0 Å². The van der Waals surface area contributed by atoms with Gasteiger partial charge in [-0.15, -0.1) is 0 Å². The molecule has 0 aliphatic carbocycles. The molecule has 7 heteroatoms. The third-order valence-corrected chi connectivity index (χ3v) is 6.37.